The van der Waals surface area contributed by atoms with Crippen LogP contribution < -0.4 is 5.73 Å². The second-order valence-corrected chi connectivity index (χ2v) is 6.70. The van der Waals surface area contributed by atoms with Crippen molar-refractivity contribution in [3.63, 3.8) is 0 Å². The van der Waals surface area contributed by atoms with E-state index < -0.39 is 15.9 Å². The van der Waals surface area contributed by atoms with E-state index in [1.165, 1.54) is 6.26 Å². The van der Waals surface area contributed by atoms with Gasteiger partial charge in [0.1, 0.15) is 15.6 Å². The van der Waals surface area contributed by atoms with E-state index in [9.17, 15) is 13.2 Å². The third-order valence-corrected chi connectivity index (χ3v) is 3.11. The fraction of sp³-hybridized carbons (Fsp3) is 0.900. The van der Waals surface area contributed by atoms with Gasteiger partial charge in [0.2, 0.25) is 0 Å². The molecular formula is C10H21NO3S. The van der Waals surface area contributed by atoms with Crippen molar-refractivity contribution >= 4 is 15.6 Å². The zero-order valence-electron chi connectivity index (χ0n) is 9.69. The van der Waals surface area contributed by atoms with Crippen molar-refractivity contribution in [3.05, 3.63) is 0 Å². The van der Waals surface area contributed by atoms with E-state index in [1.807, 2.05) is 13.8 Å². The average Bonchev–Trinajstić information content (AvgIpc) is 2.00. The highest BCUT2D eigenvalue weighted by Gasteiger charge is 2.15. The predicted molar refractivity (Wildman–Crippen MR) is 61.4 cm³/mol. The maximum Gasteiger partial charge on any atom is 0.149 e. The monoisotopic (exact) mass is 235 g/mol. The van der Waals surface area contributed by atoms with Crippen molar-refractivity contribution in [3.8, 4) is 0 Å². The van der Waals surface area contributed by atoms with Crippen molar-refractivity contribution in [2.45, 2.75) is 39.2 Å². The van der Waals surface area contributed by atoms with E-state index in [1.54, 1.807) is 0 Å². The summed E-state index contributed by atoms with van der Waals surface area (Å²) in [6.45, 7) is 4.01. The summed E-state index contributed by atoms with van der Waals surface area (Å²) in [6, 6.07) is -0.440. The van der Waals surface area contributed by atoms with Crippen molar-refractivity contribution in [1.29, 1.82) is 0 Å². The number of nitrogens with two attached hydrogens (primary N) is 1. The van der Waals surface area contributed by atoms with Crippen LogP contribution in [0.2, 0.25) is 0 Å². The minimum absolute atomic E-state index is 0.0349. The largest absolute Gasteiger partial charge is 0.322 e. The van der Waals surface area contributed by atoms with Gasteiger partial charge in [-0.15, -0.1) is 0 Å². The number of hydrogen-bond acceptors (Lipinski definition) is 4. The molecule has 0 bridgehead atoms. The Balaban J connectivity index is 3.84. The summed E-state index contributed by atoms with van der Waals surface area (Å²) in [5, 5.41) is 0. The van der Waals surface area contributed by atoms with Gasteiger partial charge in [-0.25, -0.2) is 8.42 Å². The Hall–Kier alpha value is -0.420. The third kappa shape index (κ3) is 8.57. The van der Waals surface area contributed by atoms with Crippen molar-refractivity contribution in [2.24, 2.45) is 11.7 Å². The molecule has 4 nitrogen and oxygen atoms in total. The summed E-state index contributed by atoms with van der Waals surface area (Å²) in [7, 11) is -2.96. The molecule has 0 aliphatic heterocycles. The molecule has 0 spiro atoms. The summed E-state index contributed by atoms with van der Waals surface area (Å²) in [5.41, 5.74) is 5.67. The molecule has 1 unspecified atom stereocenters. The first-order valence-electron chi connectivity index (χ1n) is 5.18. The van der Waals surface area contributed by atoms with Crippen molar-refractivity contribution < 1.29 is 13.2 Å². The fourth-order valence-corrected chi connectivity index (χ4v) is 2.00. The van der Waals surface area contributed by atoms with Gasteiger partial charge in [0.25, 0.3) is 0 Å². The second-order valence-electron chi connectivity index (χ2n) is 4.44. The van der Waals surface area contributed by atoms with Crippen molar-refractivity contribution in [1.82, 2.24) is 0 Å². The number of rotatable bonds is 7. The van der Waals surface area contributed by atoms with E-state index in [-0.39, 0.29) is 18.0 Å². The van der Waals surface area contributed by atoms with Crippen LogP contribution in [0.5, 0.6) is 0 Å². The molecule has 2 N–H and O–H groups in total. The summed E-state index contributed by atoms with van der Waals surface area (Å²) in [6.07, 6.45) is 2.48. The average molecular weight is 235 g/mol. The molecule has 90 valence electrons. The van der Waals surface area contributed by atoms with Gasteiger partial charge < -0.3 is 5.73 Å². The van der Waals surface area contributed by atoms with E-state index in [0.29, 0.717) is 18.8 Å². The van der Waals surface area contributed by atoms with Crippen LogP contribution in [0.3, 0.4) is 0 Å². The first-order valence-corrected chi connectivity index (χ1v) is 7.24. The van der Waals surface area contributed by atoms with Crippen LogP contribution >= 0.6 is 0 Å². The third-order valence-electron chi connectivity index (χ3n) is 2.08. The molecule has 0 rings (SSSR count). The Morgan fingerprint density at radius 2 is 1.87 bits per heavy atom. The highest BCUT2D eigenvalue weighted by Crippen LogP contribution is 2.06. The smallest absolute Gasteiger partial charge is 0.149 e. The summed E-state index contributed by atoms with van der Waals surface area (Å²) < 4.78 is 21.6. The quantitative estimate of drug-likeness (QED) is 0.706. The van der Waals surface area contributed by atoms with Gasteiger partial charge in [-0.05, 0) is 18.8 Å². The Labute approximate surface area is 92.2 Å². The van der Waals surface area contributed by atoms with E-state index in [2.05, 4.69) is 0 Å². The lowest BCUT2D eigenvalue weighted by Crippen LogP contribution is -2.32. The van der Waals surface area contributed by atoms with E-state index >= 15 is 0 Å². The summed E-state index contributed by atoms with van der Waals surface area (Å²) in [5.74, 6) is 0.416. The summed E-state index contributed by atoms with van der Waals surface area (Å²) in [4.78, 5) is 11.4. The molecule has 0 aromatic carbocycles. The number of sulfone groups is 1. The van der Waals surface area contributed by atoms with Crippen LogP contribution in [0.1, 0.15) is 33.1 Å². The molecule has 0 aromatic rings. The zero-order valence-corrected chi connectivity index (χ0v) is 10.5. The van der Waals surface area contributed by atoms with Crippen LogP contribution in [-0.4, -0.2) is 32.3 Å². The van der Waals surface area contributed by atoms with Gasteiger partial charge >= 0.3 is 0 Å². The zero-order chi connectivity index (χ0) is 12.1. The molecule has 0 fully saturated rings. The molecular weight excluding hydrogens is 214 g/mol. The first-order chi connectivity index (χ1) is 6.72. The standard InChI is InChI=1S/C10H21NO3S/c1-8(2)7-9(11)10(12)5-4-6-15(3,13)14/h8-9H,4-7,11H2,1-3H3. The summed E-state index contributed by atoms with van der Waals surface area (Å²) >= 11 is 0. The lowest BCUT2D eigenvalue weighted by molar-refractivity contribution is -0.120. The molecule has 0 aliphatic carbocycles. The Kier molecular flexibility index (Phi) is 6.05. The van der Waals surface area contributed by atoms with Gasteiger partial charge in [0, 0.05) is 12.7 Å². The van der Waals surface area contributed by atoms with Crippen LogP contribution in [0.25, 0.3) is 0 Å². The Morgan fingerprint density at radius 1 is 1.33 bits per heavy atom. The highest BCUT2D eigenvalue weighted by molar-refractivity contribution is 7.90. The molecule has 0 aromatic heterocycles. The van der Waals surface area contributed by atoms with Gasteiger partial charge in [0.05, 0.1) is 11.8 Å². The molecule has 0 saturated heterocycles. The maximum absolute atomic E-state index is 11.4. The number of carbonyl (C=O) groups is 1. The number of carbonyl (C=O) groups excluding carboxylic acids is 1. The maximum atomic E-state index is 11.4. The van der Waals surface area contributed by atoms with Gasteiger partial charge in [0.15, 0.2) is 0 Å². The molecule has 0 saturated carbocycles. The SMILES string of the molecule is CC(C)CC(N)C(=O)CCCS(C)(=O)=O. The normalized spacial score (nSPS) is 14.2. The topological polar surface area (TPSA) is 77.2 Å². The van der Waals surface area contributed by atoms with Crippen LogP contribution in [0, 0.1) is 5.92 Å². The number of ketones is 1. The molecule has 1 atom stereocenters. The van der Waals surface area contributed by atoms with Crippen molar-refractivity contribution in [2.75, 3.05) is 12.0 Å². The van der Waals surface area contributed by atoms with E-state index in [0.717, 1.165) is 0 Å². The van der Waals surface area contributed by atoms with Crippen LogP contribution in [0.4, 0.5) is 0 Å². The second kappa shape index (κ2) is 6.23. The van der Waals surface area contributed by atoms with Gasteiger partial charge in [-0.2, -0.15) is 0 Å². The minimum atomic E-state index is -2.96. The Bertz CT molecular complexity index is 296. The Morgan fingerprint density at radius 3 is 2.27 bits per heavy atom. The minimum Gasteiger partial charge on any atom is -0.322 e. The number of hydrogen-bond donors (Lipinski definition) is 1. The lowest BCUT2D eigenvalue weighted by atomic mass is 9.99. The molecule has 0 heterocycles. The molecule has 0 aliphatic rings. The molecule has 0 radical (unpaired) electrons. The highest BCUT2D eigenvalue weighted by atomic mass is 32.2. The molecule has 0 amide bonds. The fourth-order valence-electron chi connectivity index (χ4n) is 1.33. The van der Waals surface area contributed by atoms with E-state index in [4.69, 9.17) is 5.73 Å². The van der Waals surface area contributed by atoms with Gasteiger partial charge in [-0.1, -0.05) is 13.8 Å². The molecule has 5 heteroatoms. The van der Waals surface area contributed by atoms with Crippen LogP contribution in [-0.2, 0) is 14.6 Å². The number of Topliss-reactive ketones (excluding diaryl/α,β-unsaturated/α-hetero) is 1. The first kappa shape index (κ1) is 14.6. The van der Waals surface area contributed by atoms with Crippen LogP contribution in [0.15, 0.2) is 0 Å². The lowest BCUT2D eigenvalue weighted by Gasteiger charge is -2.12. The molecule has 15 heavy (non-hydrogen) atoms. The predicted octanol–water partition coefficient (Wildman–Crippen LogP) is 0.754. The van der Waals surface area contributed by atoms with Gasteiger partial charge in [-0.3, -0.25) is 4.79 Å².